The van der Waals surface area contributed by atoms with E-state index in [2.05, 4.69) is 4.72 Å². The molecule has 1 aliphatic rings. The van der Waals surface area contributed by atoms with Gasteiger partial charge in [0.2, 0.25) is 10.0 Å². The number of hydrogen-bond acceptors (Lipinski definition) is 4. The summed E-state index contributed by atoms with van der Waals surface area (Å²) in [4.78, 5) is 11.1. The van der Waals surface area contributed by atoms with Crippen LogP contribution in [-0.4, -0.2) is 32.1 Å². The van der Waals surface area contributed by atoms with E-state index in [1.165, 1.54) is 12.1 Å². The summed E-state index contributed by atoms with van der Waals surface area (Å²) in [5.74, 6) is -0.479. The van der Waals surface area contributed by atoms with Gasteiger partial charge in [-0.3, -0.25) is 4.79 Å². The summed E-state index contributed by atoms with van der Waals surface area (Å²) < 4.78 is 32.0. The van der Waals surface area contributed by atoms with Crippen LogP contribution in [0.4, 0.5) is 0 Å². The molecule has 2 rings (SSSR count). The fraction of sp³-hybridized carbons (Fsp3) is 0.462. The van der Waals surface area contributed by atoms with Gasteiger partial charge in [0.25, 0.3) is 0 Å². The number of sulfonamides is 1. The zero-order chi connectivity index (χ0) is 14.8. The van der Waals surface area contributed by atoms with Crippen molar-refractivity contribution in [2.45, 2.75) is 37.1 Å². The molecule has 0 fully saturated rings. The molecule has 6 nitrogen and oxygen atoms in total. The van der Waals surface area contributed by atoms with Crippen molar-refractivity contribution in [1.29, 1.82) is 0 Å². The number of carboxylic acid groups (broad SMARTS) is 1. The van der Waals surface area contributed by atoms with E-state index in [0.29, 0.717) is 25.2 Å². The van der Waals surface area contributed by atoms with E-state index in [1.807, 2.05) is 0 Å². The molecular formula is C13H17NO5S. The molecule has 0 aliphatic carbocycles. The molecule has 1 aliphatic heterocycles. The predicted octanol–water partition coefficient (Wildman–Crippen LogP) is 1.15. The Labute approximate surface area is 117 Å². The maximum absolute atomic E-state index is 12.2. The summed E-state index contributed by atoms with van der Waals surface area (Å²) in [6, 6.07) is 3.47. The molecule has 20 heavy (non-hydrogen) atoms. The normalized spacial score (nSPS) is 15.4. The minimum absolute atomic E-state index is 0.0732. The minimum atomic E-state index is -3.83. The topological polar surface area (TPSA) is 92.7 Å². The maximum Gasteiger partial charge on any atom is 0.321 e. The highest BCUT2D eigenvalue weighted by Crippen LogP contribution is 2.27. The molecule has 1 aromatic rings. The van der Waals surface area contributed by atoms with E-state index in [0.717, 1.165) is 5.56 Å². The van der Waals surface area contributed by atoms with Crippen molar-refractivity contribution >= 4 is 16.0 Å². The summed E-state index contributed by atoms with van der Waals surface area (Å²) >= 11 is 0. The van der Waals surface area contributed by atoms with Gasteiger partial charge in [-0.15, -0.1) is 0 Å². The third-order valence-electron chi connectivity index (χ3n) is 3.14. The summed E-state index contributed by atoms with van der Waals surface area (Å²) in [6.07, 6.45) is 1.50. The van der Waals surface area contributed by atoms with Crippen LogP contribution in [0.15, 0.2) is 23.1 Å². The van der Waals surface area contributed by atoms with Gasteiger partial charge in [0, 0.05) is 6.42 Å². The first kappa shape index (κ1) is 14.8. The number of hydrogen-bond donors (Lipinski definition) is 2. The Kier molecular flexibility index (Phi) is 4.29. The molecule has 0 saturated heterocycles. The van der Waals surface area contributed by atoms with Gasteiger partial charge in [-0.1, -0.05) is 13.3 Å². The average Bonchev–Trinajstić information content (AvgIpc) is 2.85. The molecule has 0 bridgehead atoms. The van der Waals surface area contributed by atoms with Crippen LogP contribution in [0.5, 0.6) is 5.75 Å². The largest absolute Gasteiger partial charge is 0.493 e. The molecule has 1 heterocycles. The zero-order valence-corrected chi connectivity index (χ0v) is 11.9. The average molecular weight is 299 g/mol. The number of nitrogens with one attached hydrogen (secondary N) is 1. The monoisotopic (exact) mass is 299 g/mol. The number of ether oxygens (including phenoxy) is 1. The molecular weight excluding hydrogens is 282 g/mol. The zero-order valence-electron chi connectivity index (χ0n) is 11.1. The third kappa shape index (κ3) is 3.10. The Morgan fingerprint density at radius 3 is 2.90 bits per heavy atom. The van der Waals surface area contributed by atoms with Crippen molar-refractivity contribution < 1.29 is 23.1 Å². The van der Waals surface area contributed by atoms with Crippen LogP contribution in [0.3, 0.4) is 0 Å². The Morgan fingerprint density at radius 1 is 1.50 bits per heavy atom. The number of fused-ring (bicyclic) bond motifs is 1. The molecule has 0 radical (unpaired) electrons. The lowest BCUT2D eigenvalue weighted by Crippen LogP contribution is -2.40. The first-order chi connectivity index (χ1) is 9.44. The van der Waals surface area contributed by atoms with Crippen molar-refractivity contribution in [3.05, 3.63) is 23.8 Å². The van der Waals surface area contributed by atoms with E-state index in [-0.39, 0.29) is 11.3 Å². The molecule has 7 heteroatoms. The van der Waals surface area contributed by atoms with Gasteiger partial charge in [-0.25, -0.2) is 8.42 Å². The smallest absolute Gasteiger partial charge is 0.321 e. The first-order valence-corrected chi connectivity index (χ1v) is 7.93. The Bertz CT molecular complexity index is 611. The molecule has 1 atom stereocenters. The van der Waals surface area contributed by atoms with Gasteiger partial charge in [-0.2, -0.15) is 4.72 Å². The van der Waals surface area contributed by atoms with E-state index in [1.54, 1.807) is 13.0 Å². The third-order valence-corrected chi connectivity index (χ3v) is 4.61. The molecule has 2 N–H and O–H groups in total. The maximum atomic E-state index is 12.2. The molecule has 0 amide bonds. The van der Waals surface area contributed by atoms with Crippen LogP contribution in [0.1, 0.15) is 25.3 Å². The second-order valence-electron chi connectivity index (χ2n) is 4.67. The Balaban J connectivity index is 2.23. The lowest BCUT2D eigenvalue weighted by atomic mass is 10.2. The van der Waals surface area contributed by atoms with E-state index in [9.17, 15) is 13.2 Å². The van der Waals surface area contributed by atoms with Gasteiger partial charge in [0.15, 0.2) is 0 Å². The predicted molar refractivity (Wildman–Crippen MR) is 72.3 cm³/mol. The van der Waals surface area contributed by atoms with Crippen molar-refractivity contribution in [2.24, 2.45) is 0 Å². The van der Waals surface area contributed by atoms with Gasteiger partial charge in [0.05, 0.1) is 11.5 Å². The standard InChI is InChI=1S/C13H17NO5S/c1-2-3-11(13(15)16)14-20(17,18)10-4-5-12-9(8-10)6-7-19-12/h4-5,8,11,14H,2-3,6-7H2,1H3,(H,15,16)/t11-/m1/s1. The Morgan fingerprint density at radius 2 is 2.25 bits per heavy atom. The number of rotatable bonds is 6. The number of carbonyl (C=O) groups is 1. The highest BCUT2D eigenvalue weighted by molar-refractivity contribution is 7.89. The van der Waals surface area contributed by atoms with Gasteiger partial charge >= 0.3 is 5.97 Å². The highest BCUT2D eigenvalue weighted by Gasteiger charge is 2.25. The Hall–Kier alpha value is -1.60. The minimum Gasteiger partial charge on any atom is -0.493 e. The first-order valence-electron chi connectivity index (χ1n) is 6.45. The van der Waals surface area contributed by atoms with Crippen LogP contribution in [0, 0.1) is 0 Å². The quantitative estimate of drug-likeness (QED) is 0.822. The van der Waals surface area contributed by atoms with Crippen LogP contribution in [-0.2, 0) is 21.2 Å². The number of benzene rings is 1. The van der Waals surface area contributed by atoms with Crippen molar-refractivity contribution in [3.63, 3.8) is 0 Å². The molecule has 0 aromatic heterocycles. The SMILES string of the molecule is CCC[C@@H](NS(=O)(=O)c1ccc2c(c1)CCO2)C(=O)O. The fourth-order valence-electron chi connectivity index (χ4n) is 2.11. The number of aliphatic carboxylic acids is 1. The molecule has 110 valence electrons. The van der Waals surface area contributed by atoms with Gasteiger partial charge in [0.1, 0.15) is 11.8 Å². The summed E-state index contributed by atoms with van der Waals surface area (Å²) in [5, 5.41) is 9.02. The summed E-state index contributed by atoms with van der Waals surface area (Å²) in [5.41, 5.74) is 0.829. The van der Waals surface area contributed by atoms with E-state index >= 15 is 0 Å². The molecule has 0 saturated carbocycles. The van der Waals surface area contributed by atoms with Gasteiger partial charge in [-0.05, 0) is 30.2 Å². The lowest BCUT2D eigenvalue weighted by Gasteiger charge is -2.14. The van der Waals surface area contributed by atoms with Crippen molar-refractivity contribution in [2.75, 3.05) is 6.61 Å². The van der Waals surface area contributed by atoms with Crippen LogP contribution < -0.4 is 9.46 Å². The summed E-state index contributed by atoms with van der Waals surface area (Å²) in [6.45, 7) is 2.34. The van der Waals surface area contributed by atoms with Crippen LogP contribution in [0.2, 0.25) is 0 Å². The molecule has 1 aromatic carbocycles. The van der Waals surface area contributed by atoms with Gasteiger partial charge < -0.3 is 9.84 Å². The van der Waals surface area contributed by atoms with E-state index < -0.39 is 22.0 Å². The van der Waals surface area contributed by atoms with Crippen LogP contribution >= 0.6 is 0 Å². The second-order valence-corrected chi connectivity index (χ2v) is 6.38. The fourth-order valence-corrected chi connectivity index (χ4v) is 3.38. The van der Waals surface area contributed by atoms with E-state index in [4.69, 9.17) is 9.84 Å². The van der Waals surface area contributed by atoms with Crippen molar-refractivity contribution in [3.8, 4) is 5.75 Å². The van der Waals surface area contributed by atoms with Crippen molar-refractivity contribution in [1.82, 2.24) is 4.72 Å². The summed E-state index contributed by atoms with van der Waals surface area (Å²) in [7, 11) is -3.83. The molecule has 0 unspecified atom stereocenters. The lowest BCUT2D eigenvalue weighted by molar-refractivity contribution is -0.139. The van der Waals surface area contributed by atoms with Crippen LogP contribution in [0.25, 0.3) is 0 Å². The highest BCUT2D eigenvalue weighted by atomic mass is 32.2. The number of carboxylic acids is 1. The molecule has 0 spiro atoms. The second kappa shape index (κ2) is 5.80.